The van der Waals surface area contributed by atoms with Gasteiger partial charge in [-0.25, -0.2) is 9.18 Å². The molecule has 2 aromatic carbocycles. The van der Waals surface area contributed by atoms with E-state index < -0.39 is 5.97 Å². The van der Waals surface area contributed by atoms with E-state index >= 15 is 0 Å². The Labute approximate surface area is 127 Å². The second kappa shape index (κ2) is 6.26. The molecule has 0 radical (unpaired) electrons. The van der Waals surface area contributed by atoms with E-state index in [2.05, 4.69) is 4.98 Å². The van der Waals surface area contributed by atoms with E-state index in [1.54, 1.807) is 24.3 Å². The molecule has 3 aromatic rings. The molecule has 0 fully saturated rings. The highest BCUT2D eigenvalue weighted by molar-refractivity contribution is 5.90. The summed E-state index contributed by atoms with van der Waals surface area (Å²) in [6.07, 6.45) is 1.52. The molecule has 0 bridgehead atoms. The minimum Gasteiger partial charge on any atom is -0.457 e. The first-order valence-electron chi connectivity index (χ1n) is 6.88. The first-order chi connectivity index (χ1) is 10.7. The fourth-order valence-electron chi connectivity index (χ4n) is 2.15. The normalized spacial score (nSPS) is 10.4. The lowest BCUT2D eigenvalue weighted by molar-refractivity contribution is 0.0473. The van der Waals surface area contributed by atoms with Crippen LogP contribution in [0.5, 0.6) is 0 Å². The molecule has 0 aliphatic carbocycles. The van der Waals surface area contributed by atoms with Crippen LogP contribution in [0.2, 0.25) is 0 Å². The number of esters is 1. The Bertz CT molecular complexity index is 781. The summed E-state index contributed by atoms with van der Waals surface area (Å²) in [4.78, 5) is 14.9. The van der Waals surface area contributed by atoms with Gasteiger partial charge in [-0.1, -0.05) is 42.5 Å². The molecule has 0 saturated carbocycles. The number of carbonyl (C=O) groups excluding carboxylic acids is 1. The molecule has 4 heteroatoms. The van der Waals surface area contributed by atoms with Gasteiger partial charge in [0.15, 0.2) is 0 Å². The van der Waals surface area contributed by atoms with Gasteiger partial charge >= 0.3 is 5.97 Å². The fraction of sp³-hybridized carbons (Fsp3) is 0.0556. The lowest BCUT2D eigenvalue weighted by Crippen LogP contribution is -2.03. The van der Waals surface area contributed by atoms with Gasteiger partial charge in [-0.05, 0) is 23.8 Å². The lowest BCUT2D eigenvalue weighted by Gasteiger charge is -2.03. The molecule has 3 nitrogen and oxygen atoms in total. The van der Waals surface area contributed by atoms with Crippen molar-refractivity contribution in [1.29, 1.82) is 0 Å². The zero-order chi connectivity index (χ0) is 15.4. The van der Waals surface area contributed by atoms with E-state index in [9.17, 15) is 9.18 Å². The Hall–Kier alpha value is -2.88. The van der Waals surface area contributed by atoms with Crippen LogP contribution in [0.1, 0.15) is 15.9 Å². The molecular formula is C18H14FNO2. The molecule has 110 valence electrons. The van der Waals surface area contributed by atoms with Crippen LogP contribution in [0.25, 0.3) is 11.3 Å². The third-order valence-electron chi connectivity index (χ3n) is 3.30. The maximum absolute atomic E-state index is 13.7. The molecule has 0 saturated heterocycles. The maximum Gasteiger partial charge on any atom is 0.340 e. The quantitative estimate of drug-likeness (QED) is 0.734. The number of benzene rings is 2. The van der Waals surface area contributed by atoms with Gasteiger partial charge in [-0.15, -0.1) is 0 Å². The zero-order valence-electron chi connectivity index (χ0n) is 11.8. The number of halogens is 1. The van der Waals surface area contributed by atoms with Crippen LogP contribution in [-0.2, 0) is 11.3 Å². The maximum atomic E-state index is 13.7. The number of rotatable bonds is 4. The van der Waals surface area contributed by atoms with Gasteiger partial charge in [0, 0.05) is 17.5 Å². The van der Waals surface area contributed by atoms with Crippen molar-refractivity contribution in [3.8, 4) is 11.3 Å². The molecule has 3 rings (SSSR count). The van der Waals surface area contributed by atoms with E-state index in [-0.39, 0.29) is 12.4 Å². The van der Waals surface area contributed by atoms with Crippen LogP contribution >= 0.6 is 0 Å². The summed E-state index contributed by atoms with van der Waals surface area (Å²) in [5.74, 6) is -0.781. The molecule has 1 aromatic heterocycles. The van der Waals surface area contributed by atoms with Gasteiger partial charge in [0.05, 0.1) is 5.56 Å². The van der Waals surface area contributed by atoms with Crippen LogP contribution < -0.4 is 0 Å². The summed E-state index contributed by atoms with van der Waals surface area (Å²) < 4.78 is 19.0. The molecule has 0 atom stereocenters. The number of aromatic amines is 1. The minimum absolute atomic E-state index is 0.208. The van der Waals surface area contributed by atoms with Gasteiger partial charge in [0.2, 0.25) is 0 Å². The minimum atomic E-state index is -0.442. The average Bonchev–Trinajstić information content (AvgIpc) is 3.04. The van der Waals surface area contributed by atoms with E-state index in [4.69, 9.17) is 4.74 Å². The highest BCUT2D eigenvalue weighted by Crippen LogP contribution is 2.22. The third-order valence-corrected chi connectivity index (χ3v) is 3.30. The molecule has 0 unspecified atom stereocenters. The number of hydrogen-bond donors (Lipinski definition) is 1. The fourth-order valence-corrected chi connectivity index (χ4v) is 2.15. The van der Waals surface area contributed by atoms with Crippen molar-refractivity contribution >= 4 is 5.97 Å². The highest BCUT2D eigenvalue weighted by atomic mass is 19.1. The lowest BCUT2D eigenvalue weighted by atomic mass is 10.1. The summed E-state index contributed by atoms with van der Waals surface area (Å²) in [6.45, 7) is 0.208. The molecule has 0 aliphatic rings. The first kappa shape index (κ1) is 14.1. The van der Waals surface area contributed by atoms with Crippen molar-refractivity contribution in [2.75, 3.05) is 0 Å². The topological polar surface area (TPSA) is 42.1 Å². The first-order valence-corrected chi connectivity index (χ1v) is 6.88. The van der Waals surface area contributed by atoms with Crippen molar-refractivity contribution < 1.29 is 13.9 Å². The van der Waals surface area contributed by atoms with E-state index in [0.29, 0.717) is 16.8 Å². The summed E-state index contributed by atoms with van der Waals surface area (Å²) in [5, 5.41) is 0. The van der Waals surface area contributed by atoms with Crippen molar-refractivity contribution in [3.05, 3.63) is 83.8 Å². The monoisotopic (exact) mass is 295 g/mol. The van der Waals surface area contributed by atoms with Crippen LogP contribution in [-0.4, -0.2) is 11.0 Å². The van der Waals surface area contributed by atoms with Crippen molar-refractivity contribution in [1.82, 2.24) is 4.98 Å². The predicted molar refractivity (Wildman–Crippen MR) is 81.7 cm³/mol. The van der Waals surface area contributed by atoms with Gasteiger partial charge in [-0.2, -0.15) is 0 Å². The second-order valence-corrected chi connectivity index (χ2v) is 4.84. The summed E-state index contributed by atoms with van der Waals surface area (Å²) in [6, 6.07) is 17.4. The summed E-state index contributed by atoms with van der Waals surface area (Å²) in [7, 11) is 0. The molecule has 1 heterocycles. The standard InChI is InChI=1S/C18H14FNO2/c19-16-9-5-4-8-15(16)17-10-14(11-20-17)18(21)22-12-13-6-2-1-3-7-13/h1-11,20H,12H2. The molecule has 0 spiro atoms. The molecule has 0 amide bonds. The Morgan fingerprint density at radius 2 is 1.77 bits per heavy atom. The Morgan fingerprint density at radius 3 is 2.55 bits per heavy atom. The van der Waals surface area contributed by atoms with E-state index in [1.807, 2.05) is 30.3 Å². The van der Waals surface area contributed by atoms with Crippen LogP contribution in [0.4, 0.5) is 4.39 Å². The van der Waals surface area contributed by atoms with Crippen LogP contribution in [0, 0.1) is 5.82 Å². The molecule has 22 heavy (non-hydrogen) atoms. The Balaban J connectivity index is 1.71. The number of hydrogen-bond acceptors (Lipinski definition) is 2. The van der Waals surface area contributed by atoms with Gasteiger partial charge < -0.3 is 9.72 Å². The van der Waals surface area contributed by atoms with Crippen LogP contribution in [0.3, 0.4) is 0 Å². The van der Waals surface area contributed by atoms with Crippen molar-refractivity contribution in [3.63, 3.8) is 0 Å². The number of aromatic nitrogens is 1. The third kappa shape index (κ3) is 3.06. The summed E-state index contributed by atoms with van der Waals surface area (Å²) in [5.41, 5.74) is 2.25. The molecular weight excluding hydrogens is 281 g/mol. The second-order valence-electron chi connectivity index (χ2n) is 4.84. The number of nitrogens with one attached hydrogen (secondary N) is 1. The van der Waals surface area contributed by atoms with Crippen LogP contribution in [0.15, 0.2) is 66.9 Å². The molecule has 0 aliphatic heterocycles. The van der Waals surface area contributed by atoms with Gasteiger partial charge in [-0.3, -0.25) is 0 Å². The Kier molecular flexibility index (Phi) is 4.01. The zero-order valence-corrected chi connectivity index (χ0v) is 11.8. The smallest absolute Gasteiger partial charge is 0.340 e. The number of ether oxygens (including phenoxy) is 1. The van der Waals surface area contributed by atoms with Gasteiger partial charge in [0.25, 0.3) is 0 Å². The average molecular weight is 295 g/mol. The van der Waals surface area contributed by atoms with Crippen molar-refractivity contribution in [2.24, 2.45) is 0 Å². The molecule has 1 N–H and O–H groups in total. The predicted octanol–water partition coefficient (Wildman–Crippen LogP) is 4.18. The highest BCUT2D eigenvalue weighted by Gasteiger charge is 2.12. The SMILES string of the molecule is O=C(OCc1ccccc1)c1c[nH]c(-c2ccccc2F)c1. The summed E-state index contributed by atoms with van der Waals surface area (Å²) >= 11 is 0. The van der Waals surface area contributed by atoms with E-state index in [0.717, 1.165) is 5.56 Å². The van der Waals surface area contributed by atoms with E-state index in [1.165, 1.54) is 12.3 Å². The van der Waals surface area contributed by atoms with Gasteiger partial charge in [0.1, 0.15) is 12.4 Å². The number of carbonyl (C=O) groups is 1. The number of H-pyrrole nitrogens is 1. The largest absolute Gasteiger partial charge is 0.457 e. The van der Waals surface area contributed by atoms with Crippen molar-refractivity contribution in [2.45, 2.75) is 6.61 Å². The Morgan fingerprint density at radius 1 is 1.05 bits per heavy atom.